The Balaban J connectivity index is 2.92. The molecule has 0 fully saturated rings. The van der Waals surface area contributed by atoms with E-state index in [0.717, 1.165) is 25.7 Å². The first-order valence-electron chi connectivity index (χ1n) is 4.69. The fraction of sp³-hybridized carbons (Fsp3) is 1.00. The molecule has 0 nitrogen and oxygen atoms in total. The quantitative estimate of drug-likeness (QED) is 0.411. The summed E-state index contributed by atoms with van der Waals surface area (Å²) in [6, 6.07) is 0. The third-order valence-electron chi connectivity index (χ3n) is 1.84. The zero-order valence-corrected chi connectivity index (χ0v) is 10.6. The van der Waals surface area contributed by atoms with Gasteiger partial charge in [-0.1, -0.05) is 32.1 Å². The highest BCUT2D eigenvalue weighted by Gasteiger charge is 1.99. The molecule has 80 valence electrons. The minimum Gasteiger partial charge on any atom is -0.105 e. The average molecular weight is 266 g/mol. The molecular weight excluding hydrogens is 250 g/mol. The Morgan fingerprint density at radius 2 is 0.846 bits per heavy atom. The van der Waals surface area contributed by atoms with E-state index in [1.165, 1.54) is 19.3 Å². The molecule has 0 saturated heterocycles. The summed E-state index contributed by atoms with van der Waals surface area (Å²) in [7, 11) is 0. The number of halogens is 4. The second-order valence-electron chi connectivity index (χ2n) is 3.13. The summed E-state index contributed by atoms with van der Waals surface area (Å²) < 4.78 is 0. The highest BCUT2D eigenvalue weighted by Crippen LogP contribution is 2.16. The van der Waals surface area contributed by atoms with E-state index in [9.17, 15) is 0 Å². The molecule has 0 N–H and O–H groups in total. The molecule has 0 saturated carbocycles. The van der Waals surface area contributed by atoms with Crippen molar-refractivity contribution >= 4 is 46.4 Å². The van der Waals surface area contributed by atoms with Crippen LogP contribution in [0, 0.1) is 0 Å². The Kier molecular flexibility index (Phi) is 10.6. The largest absolute Gasteiger partial charge is 0.107 e. The first-order chi connectivity index (χ1) is 6.13. The van der Waals surface area contributed by atoms with Crippen molar-refractivity contribution in [2.75, 3.05) is 0 Å². The van der Waals surface area contributed by atoms with Crippen molar-refractivity contribution in [1.82, 2.24) is 0 Å². The Hall–Kier alpha value is 1.16. The van der Waals surface area contributed by atoms with E-state index >= 15 is 0 Å². The van der Waals surface area contributed by atoms with Crippen LogP contribution in [0.1, 0.15) is 44.9 Å². The maximum atomic E-state index is 5.59. The van der Waals surface area contributed by atoms with Gasteiger partial charge in [0.1, 0.15) is 9.67 Å². The van der Waals surface area contributed by atoms with Crippen LogP contribution in [0.4, 0.5) is 0 Å². The van der Waals surface area contributed by atoms with Crippen LogP contribution in [-0.2, 0) is 0 Å². The SMILES string of the molecule is ClC(Cl)CCCCCCCC(Cl)Cl. The lowest BCUT2D eigenvalue weighted by Crippen LogP contribution is -1.89. The standard InChI is InChI=1S/C9H16Cl4/c10-8(11)6-4-2-1-3-5-7-9(12)13/h8-9H,1-7H2. The van der Waals surface area contributed by atoms with E-state index < -0.39 is 0 Å². The summed E-state index contributed by atoms with van der Waals surface area (Å²) in [6.07, 6.45) is 7.65. The van der Waals surface area contributed by atoms with Gasteiger partial charge in [0.25, 0.3) is 0 Å². The van der Waals surface area contributed by atoms with Gasteiger partial charge in [-0.25, -0.2) is 0 Å². The van der Waals surface area contributed by atoms with Crippen LogP contribution in [0.3, 0.4) is 0 Å². The van der Waals surface area contributed by atoms with E-state index in [2.05, 4.69) is 0 Å². The van der Waals surface area contributed by atoms with E-state index in [1.807, 2.05) is 0 Å². The van der Waals surface area contributed by atoms with Crippen LogP contribution in [0.2, 0.25) is 0 Å². The summed E-state index contributed by atoms with van der Waals surface area (Å²) >= 11 is 22.4. The molecule has 0 atom stereocenters. The van der Waals surface area contributed by atoms with Gasteiger partial charge in [-0.15, -0.1) is 46.4 Å². The van der Waals surface area contributed by atoms with Crippen LogP contribution >= 0.6 is 46.4 Å². The normalized spacial score (nSPS) is 11.5. The number of alkyl halides is 4. The second-order valence-corrected chi connectivity index (χ2v) is 5.68. The van der Waals surface area contributed by atoms with Crippen LogP contribution in [0.5, 0.6) is 0 Å². The Labute approximate surface area is 101 Å². The molecule has 0 aromatic carbocycles. The molecule has 0 aliphatic carbocycles. The van der Waals surface area contributed by atoms with Crippen molar-refractivity contribution in [2.24, 2.45) is 0 Å². The molecule has 0 radical (unpaired) electrons. The van der Waals surface area contributed by atoms with Gasteiger partial charge in [0, 0.05) is 0 Å². The van der Waals surface area contributed by atoms with Crippen LogP contribution in [-0.4, -0.2) is 9.67 Å². The Bertz CT molecular complexity index is 91.8. The summed E-state index contributed by atoms with van der Waals surface area (Å²) in [5.41, 5.74) is 0. The van der Waals surface area contributed by atoms with Gasteiger partial charge in [0.05, 0.1) is 0 Å². The topological polar surface area (TPSA) is 0 Å². The number of hydrogen-bond acceptors (Lipinski definition) is 0. The predicted octanol–water partition coefficient (Wildman–Crippen LogP) is 5.32. The molecule has 13 heavy (non-hydrogen) atoms. The molecule has 0 aliphatic heterocycles. The molecule has 0 unspecified atom stereocenters. The van der Waals surface area contributed by atoms with E-state index in [4.69, 9.17) is 46.4 Å². The minimum atomic E-state index is -0.199. The zero-order valence-electron chi connectivity index (χ0n) is 7.62. The number of rotatable bonds is 8. The summed E-state index contributed by atoms with van der Waals surface area (Å²) in [4.78, 5) is -0.398. The third kappa shape index (κ3) is 13.2. The van der Waals surface area contributed by atoms with Crippen molar-refractivity contribution in [2.45, 2.75) is 54.6 Å². The van der Waals surface area contributed by atoms with Gasteiger partial charge < -0.3 is 0 Å². The van der Waals surface area contributed by atoms with Crippen molar-refractivity contribution in [3.63, 3.8) is 0 Å². The van der Waals surface area contributed by atoms with Crippen molar-refractivity contribution < 1.29 is 0 Å². The van der Waals surface area contributed by atoms with Crippen LogP contribution in [0.15, 0.2) is 0 Å². The molecule has 4 heteroatoms. The Morgan fingerprint density at radius 1 is 0.538 bits per heavy atom. The zero-order chi connectivity index (χ0) is 10.1. The highest BCUT2D eigenvalue weighted by atomic mass is 35.5. The maximum absolute atomic E-state index is 5.59. The summed E-state index contributed by atoms with van der Waals surface area (Å²) in [6.45, 7) is 0. The van der Waals surface area contributed by atoms with Crippen LogP contribution in [0.25, 0.3) is 0 Å². The fourth-order valence-corrected chi connectivity index (χ4v) is 1.74. The monoisotopic (exact) mass is 264 g/mol. The molecular formula is C9H16Cl4. The van der Waals surface area contributed by atoms with E-state index in [0.29, 0.717) is 0 Å². The molecule has 0 heterocycles. The van der Waals surface area contributed by atoms with Crippen molar-refractivity contribution in [3.05, 3.63) is 0 Å². The van der Waals surface area contributed by atoms with E-state index in [1.54, 1.807) is 0 Å². The van der Waals surface area contributed by atoms with Gasteiger partial charge in [-0.05, 0) is 12.8 Å². The molecule has 0 bridgehead atoms. The lowest BCUT2D eigenvalue weighted by molar-refractivity contribution is 0.595. The minimum absolute atomic E-state index is 0.199. The molecule has 0 amide bonds. The van der Waals surface area contributed by atoms with Crippen molar-refractivity contribution in [1.29, 1.82) is 0 Å². The highest BCUT2D eigenvalue weighted by molar-refractivity contribution is 6.44. The average Bonchev–Trinajstić information content (AvgIpc) is 2.01. The van der Waals surface area contributed by atoms with Gasteiger partial charge in [-0.2, -0.15) is 0 Å². The third-order valence-corrected chi connectivity index (χ3v) is 2.72. The Morgan fingerprint density at radius 3 is 1.15 bits per heavy atom. The van der Waals surface area contributed by atoms with Gasteiger partial charge in [0.2, 0.25) is 0 Å². The molecule has 0 aliphatic rings. The second kappa shape index (κ2) is 9.71. The lowest BCUT2D eigenvalue weighted by Gasteiger charge is -2.02. The van der Waals surface area contributed by atoms with Gasteiger partial charge >= 0.3 is 0 Å². The predicted molar refractivity (Wildman–Crippen MR) is 63.3 cm³/mol. The molecule has 0 aromatic heterocycles. The lowest BCUT2D eigenvalue weighted by atomic mass is 10.1. The van der Waals surface area contributed by atoms with Crippen molar-refractivity contribution in [3.8, 4) is 0 Å². The molecule has 0 spiro atoms. The van der Waals surface area contributed by atoms with Gasteiger partial charge in [-0.3, -0.25) is 0 Å². The summed E-state index contributed by atoms with van der Waals surface area (Å²) in [5.74, 6) is 0. The fourth-order valence-electron chi connectivity index (χ4n) is 1.13. The first-order valence-corrected chi connectivity index (χ1v) is 6.44. The number of hydrogen-bond donors (Lipinski definition) is 0. The summed E-state index contributed by atoms with van der Waals surface area (Å²) in [5, 5.41) is 0. The molecule has 0 aromatic rings. The van der Waals surface area contributed by atoms with Crippen LogP contribution < -0.4 is 0 Å². The van der Waals surface area contributed by atoms with E-state index in [-0.39, 0.29) is 9.67 Å². The number of unbranched alkanes of at least 4 members (excludes halogenated alkanes) is 4. The van der Waals surface area contributed by atoms with Gasteiger partial charge in [0.15, 0.2) is 0 Å². The smallest absolute Gasteiger partial charge is 0.105 e. The molecule has 0 rings (SSSR count). The first kappa shape index (κ1) is 14.2. The maximum Gasteiger partial charge on any atom is 0.107 e.